The molecule has 18 heavy (non-hydrogen) atoms. The highest BCUT2D eigenvalue weighted by molar-refractivity contribution is 5.55. The highest BCUT2D eigenvalue weighted by Crippen LogP contribution is 2.51. The molecular formula is C14H19NO3. The molecule has 0 unspecified atom stereocenters. The lowest BCUT2D eigenvalue weighted by atomic mass is 9.90. The molecular weight excluding hydrogens is 230 g/mol. The van der Waals surface area contributed by atoms with E-state index in [1.54, 1.807) is 7.11 Å². The molecule has 1 aromatic rings. The molecule has 0 atom stereocenters. The molecule has 1 aliphatic heterocycles. The molecule has 3 rings (SSSR count). The fourth-order valence-corrected chi connectivity index (χ4v) is 2.69. The summed E-state index contributed by atoms with van der Waals surface area (Å²) >= 11 is 0. The zero-order chi connectivity index (χ0) is 12.6. The molecule has 1 aliphatic carbocycles. The van der Waals surface area contributed by atoms with Crippen LogP contribution in [-0.2, 0) is 16.8 Å². The van der Waals surface area contributed by atoms with Gasteiger partial charge in [0, 0.05) is 24.6 Å². The Balaban J connectivity index is 2.08. The predicted octanol–water partition coefficient (Wildman–Crippen LogP) is 1.59. The van der Waals surface area contributed by atoms with Gasteiger partial charge < -0.3 is 19.9 Å². The van der Waals surface area contributed by atoms with Crippen molar-refractivity contribution >= 4 is 0 Å². The summed E-state index contributed by atoms with van der Waals surface area (Å²) < 4.78 is 16.7. The van der Waals surface area contributed by atoms with Crippen LogP contribution in [-0.4, -0.2) is 26.9 Å². The van der Waals surface area contributed by atoms with Gasteiger partial charge in [0.05, 0.1) is 6.61 Å². The van der Waals surface area contributed by atoms with Crippen LogP contribution in [0.5, 0.6) is 11.5 Å². The maximum Gasteiger partial charge on any atom is 0.167 e. The van der Waals surface area contributed by atoms with Gasteiger partial charge >= 0.3 is 0 Å². The highest BCUT2D eigenvalue weighted by Gasteiger charge is 2.45. The van der Waals surface area contributed by atoms with Crippen LogP contribution in [0.25, 0.3) is 0 Å². The third-order valence-electron chi connectivity index (χ3n) is 3.92. The number of benzene rings is 1. The van der Waals surface area contributed by atoms with Crippen LogP contribution >= 0.6 is 0 Å². The van der Waals surface area contributed by atoms with Crippen molar-refractivity contribution in [2.75, 3.05) is 26.9 Å². The molecule has 2 N–H and O–H groups in total. The Kier molecular flexibility index (Phi) is 2.92. The van der Waals surface area contributed by atoms with Gasteiger partial charge in [-0.05, 0) is 24.5 Å². The summed E-state index contributed by atoms with van der Waals surface area (Å²) in [4.78, 5) is 0. The number of hydrogen-bond acceptors (Lipinski definition) is 4. The second kappa shape index (κ2) is 4.44. The summed E-state index contributed by atoms with van der Waals surface area (Å²) in [5.41, 5.74) is 8.45. The van der Waals surface area contributed by atoms with Gasteiger partial charge in [-0.2, -0.15) is 0 Å². The van der Waals surface area contributed by atoms with E-state index in [4.69, 9.17) is 19.9 Å². The highest BCUT2D eigenvalue weighted by atomic mass is 16.6. The molecule has 0 aromatic heterocycles. The molecule has 0 saturated heterocycles. The average Bonchev–Trinajstić information content (AvgIpc) is 3.20. The number of methoxy groups -OCH3 is 1. The van der Waals surface area contributed by atoms with E-state index in [0.29, 0.717) is 26.4 Å². The summed E-state index contributed by atoms with van der Waals surface area (Å²) in [5, 5.41) is 0. The van der Waals surface area contributed by atoms with Crippen molar-refractivity contribution in [1.82, 2.24) is 0 Å². The van der Waals surface area contributed by atoms with E-state index in [9.17, 15) is 0 Å². The minimum absolute atomic E-state index is 0.143. The minimum Gasteiger partial charge on any atom is -0.486 e. The second-order valence-electron chi connectivity index (χ2n) is 5.03. The number of fused-ring (bicyclic) bond motifs is 1. The monoisotopic (exact) mass is 249 g/mol. The molecule has 0 bridgehead atoms. The Labute approximate surface area is 107 Å². The first kappa shape index (κ1) is 11.8. The quantitative estimate of drug-likeness (QED) is 0.880. The van der Waals surface area contributed by atoms with Crippen molar-refractivity contribution in [2.45, 2.75) is 24.9 Å². The van der Waals surface area contributed by atoms with Crippen LogP contribution in [0.15, 0.2) is 12.1 Å². The van der Waals surface area contributed by atoms with Crippen molar-refractivity contribution in [1.29, 1.82) is 0 Å². The summed E-state index contributed by atoms with van der Waals surface area (Å²) in [6.07, 6.45) is 2.31. The first-order valence-electron chi connectivity index (χ1n) is 6.42. The molecule has 0 radical (unpaired) electrons. The van der Waals surface area contributed by atoms with Crippen molar-refractivity contribution in [3.05, 3.63) is 23.3 Å². The lowest BCUT2D eigenvalue weighted by Gasteiger charge is -2.25. The Morgan fingerprint density at radius 2 is 2.06 bits per heavy atom. The lowest BCUT2D eigenvalue weighted by molar-refractivity contribution is 0.152. The lowest BCUT2D eigenvalue weighted by Crippen LogP contribution is -2.24. The summed E-state index contributed by atoms with van der Waals surface area (Å²) in [5.74, 6) is 1.67. The molecule has 1 fully saturated rings. The Bertz CT molecular complexity index is 455. The number of nitrogens with two attached hydrogens (primary N) is 1. The largest absolute Gasteiger partial charge is 0.486 e. The van der Waals surface area contributed by atoms with Gasteiger partial charge in [0.2, 0.25) is 0 Å². The number of ether oxygens (including phenoxy) is 3. The topological polar surface area (TPSA) is 53.7 Å². The van der Waals surface area contributed by atoms with E-state index >= 15 is 0 Å². The first-order chi connectivity index (χ1) is 8.80. The van der Waals surface area contributed by atoms with Gasteiger partial charge in [0.15, 0.2) is 11.5 Å². The van der Waals surface area contributed by atoms with E-state index in [2.05, 4.69) is 6.07 Å². The van der Waals surface area contributed by atoms with Crippen molar-refractivity contribution in [2.24, 2.45) is 5.73 Å². The third kappa shape index (κ3) is 1.76. The van der Waals surface area contributed by atoms with E-state index < -0.39 is 0 Å². The van der Waals surface area contributed by atoms with Gasteiger partial charge in [-0.3, -0.25) is 0 Å². The molecule has 1 heterocycles. The Morgan fingerprint density at radius 3 is 2.72 bits per heavy atom. The van der Waals surface area contributed by atoms with E-state index in [1.165, 1.54) is 5.56 Å². The summed E-state index contributed by atoms with van der Waals surface area (Å²) in [6, 6.07) is 4.13. The zero-order valence-corrected chi connectivity index (χ0v) is 10.7. The summed E-state index contributed by atoms with van der Waals surface area (Å²) in [6.45, 7) is 2.44. The van der Waals surface area contributed by atoms with Gasteiger partial charge in [0.1, 0.15) is 13.2 Å². The van der Waals surface area contributed by atoms with Crippen LogP contribution in [0.1, 0.15) is 24.0 Å². The molecule has 0 spiro atoms. The fraction of sp³-hybridized carbons (Fsp3) is 0.571. The standard InChI is InChI=1S/C14H19NO3/c1-16-8-10-11(14(9-15)4-5-14)2-3-12-13(10)18-7-6-17-12/h2-3H,4-9,15H2,1H3. The van der Waals surface area contributed by atoms with Crippen molar-refractivity contribution in [3.8, 4) is 11.5 Å². The average molecular weight is 249 g/mol. The molecule has 4 nitrogen and oxygen atoms in total. The smallest absolute Gasteiger partial charge is 0.167 e. The van der Waals surface area contributed by atoms with E-state index in [1.807, 2.05) is 6.07 Å². The molecule has 0 amide bonds. The van der Waals surface area contributed by atoms with Gasteiger partial charge in [-0.1, -0.05) is 6.07 Å². The van der Waals surface area contributed by atoms with E-state index in [-0.39, 0.29) is 5.41 Å². The number of rotatable bonds is 4. The maximum atomic E-state index is 5.93. The molecule has 1 aromatic carbocycles. The van der Waals surface area contributed by atoms with Crippen LogP contribution in [0.3, 0.4) is 0 Å². The van der Waals surface area contributed by atoms with Crippen LogP contribution in [0.4, 0.5) is 0 Å². The fourth-order valence-electron chi connectivity index (χ4n) is 2.69. The van der Waals surface area contributed by atoms with Crippen LogP contribution in [0, 0.1) is 0 Å². The maximum absolute atomic E-state index is 5.93. The van der Waals surface area contributed by atoms with Gasteiger partial charge in [-0.25, -0.2) is 0 Å². The molecule has 1 saturated carbocycles. The molecule has 98 valence electrons. The zero-order valence-electron chi connectivity index (χ0n) is 10.7. The van der Waals surface area contributed by atoms with Crippen molar-refractivity contribution in [3.63, 3.8) is 0 Å². The van der Waals surface area contributed by atoms with Crippen LogP contribution < -0.4 is 15.2 Å². The Hall–Kier alpha value is -1.26. The van der Waals surface area contributed by atoms with E-state index in [0.717, 1.165) is 29.9 Å². The predicted molar refractivity (Wildman–Crippen MR) is 68.1 cm³/mol. The molecule has 4 heteroatoms. The minimum atomic E-state index is 0.143. The van der Waals surface area contributed by atoms with Gasteiger partial charge in [0.25, 0.3) is 0 Å². The SMILES string of the molecule is COCc1c(C2(CN)CC2)ccc2c1OCCO2. The first-order valence-corrected chi connectivity index (χ1v) is 6.42. The molecule has 2 aliphatic rings. The summed E-state index contributed by atoms with van der Waals surface area (Å²) in [7, 11) is 1.70. The van der Waals surface area contributed by atoms with Crippen molar-refractivity contribution < 1.29 is 14.2 Å². The van der Waals surface area contributed by atoms with Crippen LogP contribution in [0.2, 0.25) is 0 Å². The number of hydrogen-bond donors (Lipinski definition) is 1. The Morgan fingerprint density at radius 1 is 1.28 bits per heavy atom. The second-order valence-corrected chi connectivity index (χ2v) is 5.03. The van der Waals surface area contributed by atoms with Gasteiger partial charge in [-0.15, -0.1) is 0 Å². The normalized spacial score (nSPS) is 19.7. The third-order valence-corrected chi connectivity index (χ3v) is 3.92.